The number of aliphatic carboxylic acids is 1. The van der Waals surface area contributed by atoms with Gasteiger partial charge in [-0.3, -0.25) is 9.59 Å². The number of ketones is 1. The van der Waals surface area contributed by atoms with Crippen LogP contribution in [-0.4, -0.2) is 16.9 Å². The van der Waals surface area contributed by atoms with Gasteiger partial charge in [-0.1, -0.05) is 36.4 Å². The Hall–Kier alpha value is -2.49. The van der Waals surface area contributed by atoms with Gasteiger partial charge >= 0.3 is 5.97 Å². The predicted octanol–water partition coefficient (Wildman–Crippen LogP) is 3.88. The van der Waals surface area contributed by atoms with E-state index in [1.54, 1.807) is 36.4 Å². The van der Waals surface area contributed by atoms with E-state index in [2.05, 4.69) is 0 Å². The van der Waals surface area contributed by atoms with Crippen molar-refractivity contribution in [3.8, 4) is 11.1 Å². The lowest BCUT2D eigenvalue weighted by molar-refractivity contribution is -0.138. The van der Waals surface area contributed by atoms with Crippen LogP contribution in [0.25, 0.3) is 11.1 Å². The predicted molar refractivity (Wildman–Crippen MR) is 77.9 cm³/mol. The minimum atomic E-state index is -0.993. The van der Waals surface area contributed by atoms with E-state index in [4.69, 9.17) is 5.11 Å². The fourth-order valence-electron chi connectivity index (χ4n) is 2.06. The Morgan fingerprint density at radius 3 is 2.19 bits per heavy atom. The highest BCUT2D eigenvalue weighted by Crippen LogP contribution is 2.26. The van der Waals surface area contributed by atoms with Gasteiger partial charge in [0.1, 0.15) is 5.82 Å². The van der Waals surface area contributed by atoms with Crippen molar-refractivity contribution in [2.45, 2.75) is 19.8 Å². The highest BCUT2D eigenvalue weighted by molar-refractivity contribution is 5.94. The molecule has 108 valence electrons. The first-order valence-electron chi connectivity index (χ1n) is 6.53. The van der Waals surface area contributed by atoms with Gasteiger partial charge in [0.25, 0.3) is 0 Å². The summed E-state index contributed by atoms with van der Waals surface area (Å²) in [5.74, 6) is -2.27. The number of halogens is 1. The van der Waals surface area contributed by atoms with E-state index >= 15 is 0 Å². The smallest absolute Gasteiger partial charge is 0.310 e. The third-order valence-electron chi connectivity index (χ3n) is 3.47. The van der Waals surface area contributed by atoms with Crippen molar-refractivity contribution in [3.63, 3.8) is 0 Å². The fraction of sp³-hybridized carbons (Fsp3) is 0.176. The number of rotatable bonds is 4. The lowest BCUT2D eigenvalue weighted by Gasteiger charge is -2.10. The number of carbonyl (C=O) groups excluding carboxylic acids is 1. The van der Waals surface area contributed by atoms with Crippen LogP contribution in [0.4, 0.5) is 4.39 Å². The van der Waals surface area contributed by atoms with Gasteiger partial charge in [0, 0.05) is 11.1 Å². The molecule has 0 fully saturated rings. The Morgan fingerprint density at radius 2 is 1.71 bits per heavy atom. The van der Waals surface area contributed by atoms with Gasteiger partial charge in [-0.25, -0.2) is 4.39 Å². The third-order valence-corrected chi connectivity index (χ3v) is 3.47. The summed E-state index contributed by atoms with van der Waals surface area (Å²) in [5, 5.41) is 8.94. The van der Waals surface area contributed by atoms with Crippen LogP contribution >= 0.6 is 0 Å². The second kappa shape index (κ2) is 5.87. The topological polar surface area (TPSA) is 54.4 Å². The largest absolute Gasteiger partial charge is 0.481 e. The van der Waals surface area contributed by atoms with E-state index in [9.17, 15) is 14.0 Å². The van der Waals surface area contributed by atoms with E-state index in [1.807, 2.05) is 0 Å². The van der Waals surface area contributed by atoms with Gasteiger partial charge in [-0.15, -0.1) is 0 Å². The normalized spacial score (nSPS) is 12.0. The standard InChI is InChI=1S/C17H15FO3/c1-10(17(20)21)14-7-8-15(16(18)9-14)13-5-3-12(4-6-13)11(2)19/h3-10H,1-2H3,(H,20,21). The minimum absolute atomic E-state index is 0.0485. The molecule has 2 aromatic carbocycles. The summed E-state index contributed by atoms with van der Waals surface area (Å²) in [6.45, 7) is 2.98. The molecule has 0 aliphatic rings. The van der Waals surface area contributed by atoms with Crippen molar-refractivity contribution >= 4 is 11.8 Å². The molecule has 0 radical (unpaired) electrons. The van der Waals surface area contributed by atoms with E-state index in [0.717, 1.165) is 0 Å². The van der Waals surface area contributed by atoms with Crippen LogP contribution in [-0.2, 0) is 4.79 Å². The molecule has 0 bridgehead atoms. The van der Waals surface area contributed by atoms with Gasteiger partial charge < -0.3 is 5.11 Å². The highest BCUT2D eigenvalue weighted by atomic mass is 19.1. The number of hydrogen-bond donors (Lipinski definition) is 1. The number of hydrogen-bond acceptors (Lipinski definition) is 2. The van der Waals surface area contributed by atoms with E-state index in [-0.39, 0.29) is 5.78 Å². The highest BCUT2D eigenvalue weighted by Gasteiger charge is 2.16. The third kappa shape index (κ3) is 3.16. The van der Waals surface area contributed by atoms with Crippen LogP contribution < -0.4 is 0 Å². The Labute approximate surface area is 122 Å². The quantitative estimate of drug-likeness (QED) is 0.868. The van der Waals surface area contributed by atoms with Crippen LogP contribution in [0.1, 0.15) is 35.7 Å². The number of carboxylic acid groups (broad SMARTS) is 1. The van der Waals surface area contributed by atoms with Gasteiger partial charge in [-0.2, -0.15) is 0 Å². The molecule has 4 heteroatoms. The molecule has 0 saturated carbocycles. The van der Waals surface area contributed by atoms with Gasteiger partial charge in [-0.05, 0) is 31.0 Å². The second-order valence-corrected chi connectivity index (χ2v) is 4.93. The van der Waals surface area contributed by atoms with Gasteiger partial charge in [0.15, 0.2) is 5.78 Å². The lowest BCUT2D eigenvalue weighted by atomic mass is 9.96. The fourth-order valence-corrected chi connectivity index (χ4v) is 2.06. The van der Waals surface area contributed by atoms with Crippen LogP contribution in [0.3, 0.4) is 0 Å². The Balaban J connectivity index is 2.37. The summed E-state index contributed by atoms with van der Waals surface area (Å²) in [6.07, 6.45) is 0. The molecule has 0 heterocycles. The van der Waals surface area contributed by atoms with E-state index in [1.165, 1.54) is 19.9 Å². The minimum Gasteiger partial charge on any atom is -0.481 e. The molecule has 0 amide bonds. The van der Waals surface area contributed by atoms with E-state index < -0.39 is 17.7 Å². The molecule has 3 nitrogen and oxygen atoms in total. The SMILES string of the molecule is CC(=O)c1ccc(-c2ccc(C(C)C(=O)O)cc2F)cc1. The number of carboxylic acids is 1. The summed E-state index contributed by atoms with van der Waals surface area (Å²) >= 11 is 0. The molecule has 0 aliphatic carbocycles. The Bertz CT molecular complexity index is 690. The number of Topliss-reactive ketones (excluding diaryl/α,β-unsaturated/α-hetero) is 1. The monoisotopic (exact) mass is 286 g/mol. The zero-order chi connectivity index (χ0) is 15.6. The van der Waals surface area contributed by atoms with Crippen molar-refractivity contribution in [3.05, 3.63) is 59.4 Å². The number of carbonyl (C=O) groups is 2. The summed E-state index contributed by atoms with van der Waals surface area (Å²) in [7, 11) is 0. The zero-order valence-corrected chi connectivity index (χ0v) is 11.8. The molecule has 2 aromatic rings. The molecule has 0 aliphatic heterocycles. The maximum absolute atomic E-state index is 14.2. The molecule has 1 N–H and O–H groups in total. The van der Waals surface area contributed by atoms with Crippen molar-refractivity contribution in [2.24, 2.45) is 0 Å². The second-order valence-electron chi connectivity index (χ2n) is 4.93. The van der Waals surface area contributed by atoms with Crippen LogP contribution in [0.2, 0.25) is 0 Å². The Kier molecular flexibility index (Phi) is 4.17. The molecular formula is C17H15FO3. The van der Waals surface area contributed by atoms with Crippen molar-refractivity contribution in [1.29, 1.82) is 0 Å². The van der Waals surface area contributed by atoms with Crippen LogP contribution in [0.15, 0.2) is 42.5 Å². The molecule has 0 spiro atoms. The van der Waals surface area contributed by atoms with Gasteiger partial charge in [0.05, 0.1) is 5.92 Å². The molecule has 0 aromatic heterocycles. The van der Waals surface area contributed by atoms with Crippen LogP contribution in [0, 0.1) is 5.82 Å². The average molecular weight is 286 g/mol. The molecule has 0 saturated heterocycles. The lowest BCUT2D eigenvalue weighted by Crippen LogP contribution is -2.07. The molecule has 1 atom stereocenters. The first-order chi connectivity index (χ1) is 9.90. The average Bonchev–Trinajstić information content (AvgIpc) is 2.46. The maximum atomic E-state index is 14.2. The summed E-state index contributed by atoms with van der Waals surface area (Å²) in [4.78, 5) is 22.1. The Morgan fingerprint density at radius 1 is 1.10 bits per heavy atom. The molecule has 21 heavy (non-hydrogen) atoms. The maximum Gasteiger partial charge on any atom is 0.310 e. The van der Waals surface area contributed by atoms with Crippen molar-refractivity contribution < 1.29 is 19.1 Å². The van der Waals surface area contributed by atoms with Crippen LogP contribution in [0.5, 0.6) is 0 Å². The van der Waals surface area contributed by atoms with E-state index in [0.29, 0.717) is 22.3 Å². The van der Waals surface area contributed by atoms with Crippen molar-refractivity contribution in [2.75, 3.05) is 0 Å². The molecule has 1 unspecified atom stereocenters. The first kappa shape index (κ1) is 14.9. The summed E-state index contributed by atoms with van der Waals surface area (Å²) < 4.78 is 14.2. The number of benzene rings is 2. The summed E-state index contributed by atoms with van der Waals surface area (Å²) in [5.41, 5.74) is 2.01. The van der Waals surface area contributed by atoms with Gasteiger partial charge in [0.2, 0.25) is 0 Å². The first-order valence-corrected chi connectivity index (χ1v) is 6.53. The van der Waals surface area contributed by atoms with Crippen molar-refractivity contribution in [1.82, 2.24) is 0 Å². The summed E-state index contributed by atoms with van der Waals surface area (Å²) in [6, 6.07) is 11.1. The molecule has 2 rings (SSSR count). The molecular weight excluding hydrogens is 271 g/mol. The zero-order valence-electron chi connectivity index (χ0n) is 11.8.